The topological polar surface area (TPSA) is 113 Å². The number of anilines is 1. The molecule has 2 amide bonds. The zero-order valence-corrected chi connectivity index (χ0v) is 13.7. The molecule has 2 N–H and O–H groups in total. The first kappa shape index (κ1) is 18.3. The third kappa shape index (κ3) is 4.62. The first-order chi connectivity index (χ1) is 10.0. The lowest BCUT2D eigenvalue weighted by atomic mass is 10.2. The highest BCUT2D eigenvalue weighted by Crippen LogP contribution is 2.24. The second kappa shape index (κ2) is 6.99. The number of carboxylic acid groups (broad SMARTS) is 2. The van der Waals surface area contributed by atoms with Gasteiger partial charge in [-0.05, 0) is 39.0 Å². The van der Waals surface area contributed by atoms with Crippen LogP contribution in [0.5, 0.6) is 0 Å². The summed E-state index contributed by atoms with van der Waals surface area (Å²) in [4.78, 5) is 22.1. The highest BCUT2D eigenvalue weighted by atomic mass is 35.5. The van der Waals surface area contributed by atoms with Crippen LogP contribution in [0.2, 0.25) is 5.02 Å². The summed E-state index contributed by atoms with van der Waals surface area (Å²) in [5, 5.41) is 18.1. The maximum absolute atomic E-state index is 11.9. The van der Waals surface area contributed by atoms with Crippen LogP contribution in [0, 0.1) is 0 Å². The van der Waals surface area contributed by atoms with Crippen LogP contribution in [0.4, 0.5) is 15.3 Å². The summed E-state index contributed by atoms with van der Waals surface area (Å²) in [6.45, 7) is 5.24. The number of carbonyl (C=O) groups is 2. The summed E-state index contributed by atoms with van der Waals surface area (Å²) in [7, 11) is 0. The van der Waals surface area contributed by atoms with E-state index in [1.54, 1.807) is 20.8 Å². The van der Waals surface area contributed by atoms with Crippen LogP contribution in [0.15, 0.2) is 22.6 Å². The van der Waals surface area contributed by atoms with E-state index in [1.165, 1.54) is 24.4 Å². The third-order valence-corrected chi connectivity index (χ3v) is 4.12. The molecule has 0 radical (unpaired) electrons. The van der Waals surface area contributed by atoms with Gasteiger partial charge in [0, 0.05) is 10.6 Å². The Kier molecular flexibility index (Phi) is 5.81. The zero-order valence-electron chi connectivity index (χ0n) is 12.1. The van der Waals surface area contributed by atoms with Crippen LogP contribution in [-0.2, 0) is 11.4 Å². The van der Waals surface area contributed by atoms with Crippen molar-refractivity contribution in [3.63, 3.8) is 0 Å². The van der Waals surface area contributed by atoms with E-state index < -0.39 is 28.3 Å². The smallest absolute Gasteiger partial charge is 0.421 e. The van der Waals surface area contributed by atoms with E-state index in [2.05, 4.69) is 4.40 Å². The minimum Gasteiger partial charge on any atom is -0.591 e. The number of hydrogen-bond acceptors (Lipinski definition) is 4. The fourth-order valence-corrected chi connectivity index (χ4v) is 2.03. The van der Waals surface area contributed by atoms with Crippen molar-refractivity contribution < 1.29 is 24.4 Å². The second-order valence-corrected chi connectivity index (χ2v) is 7.54. The summed E-state index contributed by atoms with van der Waals surface area (Å²) < 4.78 is 15.2. The van der Waals surface area contributed by atoms with Crippen molar-refractivity contribution in [3.8, 4) is 0 Å². The van der Waals surface area contributed by atoms with Gasteiger partial charge in [-0.3, -0.25) is 0 Å². The van der Waals surface area contributed by atoms with E-state index >= 15 is 0 Å². The van der Waals surface area contributed by atoms with Crippen LogP contribution in [0.25, 0.3) is 0 Å². The lowest BCUT2D eigenvalue weighted by Crippen LogP contribution is -2.34. The van der Waals surface area contributed by atoms with Gasteiger partial charge in [-0.1, -0.05) is 16.0 Å². The predicted octanol–water partition coefficient (Wildman–Crippen LogP) is 3.38. The molecule has 0 aliphatic carbocycles. The molecule has 1 aromatic rings. The average Bonchev–Trinajstić information content (AvgIpc) is 2.36. The van der Waals surface area contributed by atoms with Gasteiger partial charge in [-0.15, -0.1) is 0 Å². The number of rotatable bonds is 3. The highest BCUT2D eigenvalue weighted by Gasteiger charge is 2.26. The van der Waals surface area contributed by atoms with E-state index in [0.29, 0.717) is 0 Å². The molecule has 0 saturated carbocycles. The van der Waals surface area contributed by atoms with Gasteiger partial charge in [-0.2, -0.15) is 4.90 Å². The molecular weight excluding hydrogens is 332 g/mol. The Balaban J connectivity index is 3.18. The van der Waals surface area contributed by atoms with Gasteiger partial charge >= 0.3 is 12.2 Å². The molecule has 0 saturated heterocycles. The Morgan fingerprint density at radius 2 is 1.86 bits per heavy atom. The molecule has 9 heteroatoms. The van der Waals surface area contributed by atoms with Crippen molar-refractivity contribution >= 4 is 47.1 Å². The fourth-order valence-electron chi connectivity index (χ4n) is 1.33. The Morgan fingerprint density at radius 1 is 1.32 bits per heavy atom. The van der Waals surface area contributed by atoms with Crippen molar-refractivity contribution in [1.29, 1.82) is 0 Å². The summed E-state index contributed by atoms with van der Waals surface area (Å²) in [5.41, 5.74) is 0.164. The molecule has 120 valence electrons. The van der Waals surface area contributed by atoms with E-state index in [1.807, 2.05) is 0 Å². The molecule has 0 fully saturated rings. The minimum atomic E-state index is -1.64. The number of amides is 2. The first-order valence-electron chi connectivity index (χ1n) is 6.05. The molecule has 0 bridgehead atoms. The minimum absolute atomic E-state index is 0.104. The lowest BCUT2D eigenvalue weighted by Gasteiger charge is -2.18. The molecule has 1 unspecified atom stereocenters. The summed E-state index contributed by atoms with van der Waals surface area (Å²) in [6.07, 6.45) is -2.05. The van der Waals surface area contributed by atoms with Gasteiger partial charge in [0.1, 0.15) is 16.1 Å². The van der Waals surface area contributed by atoms with Crippen molar-refractivity contribution in [3.05, 3.63) is 28.8 Å². The van der Waals surface area contributed by atoms with Gasteiger partial charge in [0.15, 0.2) is 0 Å². The molecule has 22 heavy (non-hydrogen) atoms. The molecule has 1 atom stereocenters. The number of nitrogens with zero attached hydrogens (tertiary/aromatic N) is 2. The normalized spacial score (nSPS) is 13.1. The van der Waals surface area contributed by atoms with Crippen molar-refractivity contribution in [2.75, 3.05) is 4.90 Å². The summed E-state index contributed by atoms with van der Waals surface area (Å²) in [5.74, 6) is 0. The molecule has 0 heterocycles. The molecular formula is C13H15ClN2O5S. The Bertz CT molecular complexity index is 601. The molecule has 0 aromatic heterocycles. The Hall–Kier alpha value is -1.77. The quantitative estimate of drug-likeness (QED) is 0.643. The van der Waals surface area contributed by atoms with Gasteiger partial charge in [-0.25, -0.2) is 9.59 Å². The van der Waals surface area contributed by atoms with Gasteiger partial charge < -0.3 is 14.8 Å². The molecule has 0 aliphatic heterocycles. The summed E-state index contributed by atoms with van der Waals surface area (Å²) in [6, 6.07) is 3.84. The van der Waals surface area contributed by atoms with Crippen LogP contribution in [0.1, 0.15) is 26.3 Å². The fraction of sp³-hybridized carbons (Fsp3) is 0.308. The SMILES string of the molecule is CC(C)(C)[S+]([O-])/N=C\c1cc(N(C(=O)O)C(=O)O)ccc1Cl. The van der Waals surface area contributed by atoms with Gasteiger partial charge in [0.05, 0.1) is 11.9 Å². The molecule has 0 aliphatic rings. The van der Waals surface area contributed by atoms with Crippen molar-refractivity contribution in [1.82, 2.24) is 0 Å². The monoisotopic (exact) mass is 346 g/mol. The largest absolute Gasteiger partial charge is 0.591 e. The summed E-state index contributed by atoms with van der Waals surface area (Å²) >= 11 is 4.44. The van der Waals surface area contributed by atoms with Crippen LogP contribution in [-0.4, -0.2) is 37.9 Å². The molecule has 0 spiro atoms. The standard InChI is InChI=1S/C13H15ClN2O5S/c1-13(2,3)22(21)15-7-8-6-9(4-5-10(8)14)16(11(17)18)12(19)20/h4-7H,1-3H3,(H,17,18)(H,19,20)/b15-7-. The van der Waals surface area contributed by atoms with Crippen LogP contribution in [0.3, 0.4) is 0 Å². The van der Waals surface area contributed by atoms with E-state index in [9.17, 15) is 14.1 Å². The Morgan fingerprint density at radius 3 is 2.32 bits per heavy atom. The lowest BCUT2D eigenvalue weighted by molar-refractivity contribution is 0.184. The average molecular weight is 347 g/mol. The van der Waals surface area contributed by atoms with E-state index in [4.69, 9.17) is 21.8 Å². The maximum atomic E-state index is 11.9. The number of benzene rings is 1. The zero-order chi connectivity index (χ0) is 17.1. The van der Waals surface area contributed by atoms with E-state index in [0.717, 1.165) is 0 Å². The van der Waals surface area contributed by atoms with Crippen molar-refractivity contribution in [2.45, 2.75) is 25.5 Å². The third-order valence-electron chi connectivity index (χ3n) is 2.43. The molecule has 1 rings (SSSR count). The number of hydrogen-bond donors (Lipinski definition) is 2. The van der Waals surface area contributed by atoms with Gasteiger partial charge in [0.25, 0.3) is 0 Å². The van der Waals surface area contributed by atoms with Crippen LogP contribution >= 0.6 is 11.6 Å². The second-order valence-electron chi connectivity index (χ2n) is 5.20. The Labute approximate surface area is 135 Å². The number of imide groups is 1. The number of halogens is 1. The van der Waals surface area contributed by atoms with Gasteiger partial charge in [0.2, 0.25) is 0 Å². The predicted molar refractivity (Wildman–Crippen MR) is 85.5 cm³/mol. The van der Waals surface area contributed by atoms with E-state index in [-0.39, 0.29) is 21.2 Å². The molecule has 1 aromatic carbocycles. The van der Waals surface area contributed by atoms with Crippen molar-refractivity contribution in [2.24, 2.45) is 4.40 Å². The maximum Gasteiger partial charge on any atom is 0.421 e. The first-order valence-corrected chi connectivity index (χ1v) is 7.54. The highest BCUT2D eigenvalue weighted by molar-refractivity contribution is 7.91. The van der Waals surface area contributed by atoms with Crippen LogP contribution < -0.4 is 4.90 Å². The molecule has 7 nitrogen and oxygen atoms in total.